The Morgan fingerprint density at radius 1 is 1.14 bits per heavy atom. The first-order chi connectivity index (χ1) is 17.4. The molecule has 0 atom stereocenters. The van der Waals surface area contributed by atoms with E-state index in [0.717, 1.165) is 28.7 Å². The van der Waals surface area contributed by atoms with Gasteiger partial charge in [0, 0.05) is 38.4 Å². The normalized spacial score (nSPS) is 14.8. The zero-order chi connectivity index (χ0) is 26.7. The molecule has 0 radical (unpaired) electrons. The number of aryl methyl sites for hydroxylation is 1. The maximum absolute atomic E-state index is 14.7. The summed E-state index contributed by atoms with van der Waals surface area (Å²) >= 11 is 0.859. The van der Waals surface area contributed by atoms with Gasteiger partial charge in [-0.05, 0) is 43.5 Å². The van der Waals surface area contributed by atoms with Crippen LogP contribution in [0, 0.1) is 5.82 Å². The van der Waals surface area contributed by atoms with Crippen LogP contribution in [0.15, 0.2) is 50.5 Å². The molecular weight excluding hydrogens is 519 g/mol. The third kappa shape index (κ3) is 4.86. The first kappa shape index (κ1) is 25.4. The summed E-state index contributed by atoms with van der Waals surface area (Å²) in [4.78, 5) is 28.9. The van der Waals surface area contributed by atoms with Crippen molar-refractivity contribution in [1.82, 2.24) is 23.6 Å². The highest BCUT2D eigenvalue weighted by molar-refractivity contribution is 7.91. The third-order valence-corrected chi connectivity index (χ3v) is 9.72. The molecule has 1 aliphatic rings. The Balaban J connectivity index is 1.67. The van der Waals surface area contributed by atoms with E-state index in [-0.39, 0.29) is 27.5 Å². The molecule has 0 unspecified atom stereocenters. The van der Waals surface area contributed by atoms with Gasteiger partial charge < -0.3 is 4.90 Å². The van der Waals surface area contributed by atoms with E-state index in [1.54, 1.807) is 55.3 Å². The van der Waals surface area contributed by atoms with Gasteiger partial charge in [-0.1, -0.05) is 6.07 Å². The summed E-state index contributed by atoms with van der Waals surface area (Å²) in [5.74, 6) is -0.452. The Hall–Kier alpha value is -3.29. The Bertz CT molecular complexity index is 1740. The molecule has 5 rings (SSSR count). The van der Waals surface area contributed by atoms with Gasteiger partial charge in [-0.2, -0.15) is 5.10 Å². The van der Waals surface area contributed by atoms with Gasteiger partial charge in [0.15, 0.2) is 0 Å². The molecule has 0 amide bonds. The lowest BCUT2D eigenvalue weighted by atomic mass is 10.2. The van der Waals surface area contributed by atoms with E-state index < -0.39 is 32.6 Å². The van der Waals surface area contributed by atoms with E-state index >= 15 is 0 Å². The molecule has 37 heavy (non-hydrogen) atoms. The van der Waals surface area contributed by atoms with Gasteiger partial charge in [0.2, 0.25) is 0 Å². The second kappa shape index (κ2) is 8.92. The fourth-order valence-corrected chi connectivity index (χ4v) is 7.09. The highest BCUT2D eigenvalue weighted by Gasteiger charge is 2.41. The number of rotatable bonds is 8. The highest BCUT2D eigenvalue weighted by atomic mass is 32.2. The molecule has 196 valence electrons. The van der Waals surface area contributed by atoms with E-state index in [0.29, 0.717) is 16.8 Å². The van der Waals surface area contributed by atoms with Crippen LogP contribution < -0.4 is 20.9 Å². The van der Waals surface area contributed by atoms with Gasteiger partial charge in [0.1, 0.15) is 14.9 Å². The summed E-state index contributed by atoms with van der Waals surface area (Å²) in [6.45, 7) is 1.74. The molecule has 3 aromatic heterocycles. The van der Waals surface area contributed by atoms with Crippen molar-refractivity contribution in [1.29, 1.82) is 0 Å². The summed E-state index contributed by atoms with van der Waals surface area (Å²) < 4.78 is 47.5. The van der Waals surface area contributed by atoms with Crippen LogP contribution in [-0.4, -0.2) is 47.0 Å². The fraction of sp³-hybridized carbons (Fsp3) is 0.375. The maximum atomic E-state index is 14.7. The molecule has 0 bridgehead atoms. The number of nitrogens with zero attached hydrogens (tertiary/aromatic N) is 5. The topological polar surface area (TPSA) is 111 Å². The zero-order valence-corrected chi connectivity index (χ0v) is 22.5. The van der Waals surface area contributed by atoms with Crippen molar-refractivity contribution in [2.24, 2.45) is 7.05 Å². The lowest BCUT2D eigenvalue weighted by molar-refractivity contribution is 0.560. The molecule has 0 saturated heterocycles. The molecule has 1 N–H and O–H groups in total. The molecule has 3 heterocycles. The minimum Gasteiger partial charge on any atom is -0.375 e. The SMILES string of the molecule is CN(C)c1ccc(Cn2c(=O)n(Cc3cnn(C)c3)c(=O)c3cc(S(=O)(=O)NC4(C)CC4)sc32)cc1F. The Morgan fingerprint density at radius 2 is 1.84 bits per heavy atom. The van der Waals surface area contributed by atoms with Crippen LogP contribution in [0.2, 0.25) is 0 Å². The van der Waals surface area contributed by atoms with E-state index in [1.807, 2.05) is 6.92 Å². The Kier molecular flexibility index (Phi) is 6.12. The lowest BCUT2D eigenvalue weighted by Gasteiger charge is -2.15. The summed E-state index contributed by atoms with van der Waals surface area (Å²) in [5, 5.41) is 4.21. The molecule has 1 aliphatic carbocycles. The van der Waals surface area contributed by atoms with E-state index in [4.69, 9.17) is 0 Å². The van der Waals surface area contributed by atoms with Gasteiger partial charge in [-0.25, -0.2) is 22.3 Å². The first-order valence-corrected chi connectivity index (χ1v) is 13.9. The van der Waals surface area contributed by atoms with Crippen molar-refractivity contribution in [3.05, 3.63) is 74.4 Å². The Labute approximate surface area is 216 Å². The van der Waals surface area contributed by atoms with Crippen LogP contribution >= 0.6 is 11.3 Å². The minimum absolute atomic E-state index is 0.0381. The average Bonchev–Trinajstić information content (AvgIpc) is 3.19. The van der Waals surface area contributed by atoms with Crippen LogP contribution in [0.4, 0.5) is 10.1 Å². The highest BCUT2D eigenvalue weighted by Crippen LogP contribution is 2.37. The van der Waals surface area contributed by atoms with Crippen molar-refractivity contribution in [3.8, 4) is 0 Å². The molecule has 10 nitrogen and oxygen atoms in total. The molecule has 4 aromatic rings. The smallest absolute Gasteiger partial charge is 0.332 e. The second-order valence-corrected chi connectivity index (χ2v) is 12.9. The van der Waals surface area contributed by atoms with Crippen LogP contribution in [0.25, 0.3) is 10.2 Å². The molecule has 0 aliphatic heterocycles. The molecule has 13 heteroatoms. The number of hydrogen-bond donors (Lipinski definition) is 1. The predicted molar refractivity (Wildman–Crippen MR) is 140 cm³/mol. The number of nitrogens with one attached hydrogen (secondary N) is 1. The number of thiophene rings is 1. The number of sulfonamides is 1. The number of halogens is 1. The van der Waals surface area contributed by atoms with Gasteiger partial charge in [0.05, 0.1) is 30.4 Å². The third-order valence-electron chi connectivity index (χ3n) is 6.45. The van der Waals surface area contributed by atoms with Gasteiger partial charge >= 0.3 is 5.69 Å². The van der Waals surface area contributed by atoms with Crippen molar-refractivity contribution in [3.63, 3.8) is 0 Å². The molecule has 1 saturated carbocycles. The summed E-state index contributed by atoms with van der Waals surface area (Å²) in [5.41, 5.74) is -0.177. The first-order valence-electron chi connectivity index (χ1n) is 11.6. The predicted octanol–water partition coefficient (Wildman–Crippen LogP) is 2.09. The van der Waals surface area contributed by atoms with Crippen LogP contribution in [0.3, 0.4) is 0 Å². The fourth-order valence-electron chi connectivity index (χ4n) is 4.18. The Morgan fingerprint density at radius 3 is 2.43 bits per heavy atom. The van der Waals surface area contributed by atoms with Crippen molar-refractivity contribution < 1.29 is 12.8 Å². The van der Waals surface area contributed by atoms with Gasteiger partial charge in [-0.3, -0.25) is 18.6 Å². The van der Waals surface area contributed by atoms with Crippen LogP contribution in [-0.2, 0) is 30.2 Å². The van der Waals surface area contributed by atoms with Crippen molar-refractivity contribution in [2.75, 3.05) is 19.0 Å². The van der Waals surface area contributed by atoms with Crippen molar-refractivity contribution in [2.45, 2.75) is 42.6 Å². The molecule has 0 spiro atoms. The number of benzene rings is 1. The molecule has 1 aromatic carbocycles. The second-order valence-electron chi connectivity index (χ2n) is 9.91. The van der Waals surface area contributed by atoms with E-state index in [9.17, 15) is 22.4 Å². The summed E-state index contributed by atoms with van der Waals surface area (Å²) in [6.07, 6.45) is 4.71. The standard InChI is InChI=1S/C24H27FN6O4S2/c1-24(7-8-24)27-37(34,35)20-10-17-21(32)30(14-16-11-26-29(4)12-16)23(33)31(22(17)36-20)13-15-5-6-19(28(2)3)18(25)9-15/h5-6,9-12,27H,7-8,13-14H2,1-4H3. The zero-order valence-electron chi connectivity index (χ0n) is 20.9. The molecular formula is C24H27FN6O4S2. The van der Waals surface area contributed by atoms with Gasteiger partial charge in [0.25, 0.3) is 15.6 Å². The quantitative estimate of drug-likeness (QED) is 0.362. The van der Waals surface area contributed by atoms with E-state index in [2.05, 4.69) is 9.82 Å². The molecule has 1 fully saturated rings. The van der Waals surface area contributed by atoms with E-state index in [1.165, 1.54) is 16.7 Å². The number of hydrogen-bond acceptors (Lipinski definition) is 7. The number of fused-ring (bicyclic) bond motifs is 1. The summed E-state index contributed by atoms with van der Waals surface area (Å²) in [6, 6.07) is 5.98. The number of aromatic nitrogens is 4. The minimum atomic E-state index is -3.90. The van der Waals surface area contributed by atoms with Crippen LogP contribution in [0.1, 0.15) is 30.9 Å². The summed E-state index contributed by atoms with van der Waals surface area (Å²) in [7, 11) is 1.28. The largest absolute Gasteiger partial charge is 0.375 e. The van der Waals surface area contributed by atoms with Gasteiger partial charge in [-0.15, -0.1) is 11.3 Å². The van der Waals surface area contributed by atoms with Crippen LogP contribution in [0.5, 0.6) is 0 Å². The lowest BCUT2D eigenvalue weighted by Crippen LogP contribution is -2.40. The van der Waals surface area contributed by atoms with Crippen molar-refractivity contribution >= 4 is 37.3 Å². The number of anilines is 1. The average molecular weight is 547 g/mol. The monoisotopic (exact) mass is 546 g/mol. The maximum Gasteiger partial charge on any atom is 0.332 e.